The third-order valence-electron chi connectivity index (χ3n) is 6.73. The van der Waals surface area contributed by atoms with Crippen LogP contribution in [-0.4, -0.2) is 49.8 Å². The minimum atomic E-state index is -3.95. The average Bonchev–Trinajstić information content (AvgIpc) is 3.16. The lowest BCUT2D eigenvalue weighted by Gasteiger charge is -2.40. The minimum Gasteiger partial charge on any atom is -0.375 e. The van der Waals surface area contributed by atoms with Crippen LogP contribution in [0.3, 0.4) is 0 Å². The molecule has 1 heterocycles. The lowest BCUT2D eigenvalue weighted by Crippen LogP contribution is -2.58. The maximum Gasteiger partial charge on any atom is 0.243 e. The van der Waals surface area contributed by atoms with Crippen LogP contribution >= 0.6 is 0 Å². The predicted octanol–water partition coefficient (Wildman–Crippen LogP) is 2.77. The van der Waals surface area contributed by atoms with Crippen molar-refractivity contribution >= 4 is 22.0 Å². The fourth-order valence-corrected chi connectivity index (χ4v) is 5.43. The first-order chi connectivity index (χ1) is 16.1. The van der Waals surface area contributed by atoms with Gasteiger partial charge in [0.1, 0.15) is 10.9 Å². The summed E-state index contributed by atoms with van der Waals surface area (Å²) in [5.74, 6) is -0.286. The number of rotatable bonds is 8. The van der Waals surface area contributed by atoms with Gasteiger partial charge in [0.2, 0.25) is 15.9 Å². The molecule has 1 unspecified atom stereocenters. The van der Waals surface area contributed by atoms with E-state index in [9.17, 15) is 13.2 Å². The number of nitrogens with zero attached hydrogens (tertiary/aromatic N) is 1. The molecule has 1 aliphatic heterocycles. The van der Waals surface area contributed by atoms with Gasteiger partial charge < -0.3 is 15.4 Å². The molecule has 1 fully saturated rings. The SMILES string of the molecule is CC(C)(N)S(=O)(=O)NC(COCc1ccccc1)C(=O)N1CCC2(C=Cc3ccccc32)CC1. The van der Waals surface area contributed by atoms with Crippen molar-refractivity contribution in [2.45, 2.75) is 49.6 Å². The summed E-state index contributed by atoms with van der Waals surface area (Å²) in [6.45, 7) is 4.09. The number of hydrogen-bond acceptors (Lipinski definition) is 5. The Morgan fingerprint density at radius 3 is 2.44 bits per heavy atom. The van der Waals surface area contributed by atoms with E-state index in [4.69, 9.17) is 10.5 Å². The number of ether oxygens (including phenoxy) is 1. The lowest BCUT2D eigenvalue weighted by molar-refractivity contribution is -0.136. The molecule has 182 valence electrons. The fourth-order valence-electron chi connectivity index (χ4n) is 4.58. The summed E-state index contributed by atoms with van der Waals surface area (Å²) in [6.07, 6.45) is 5.99. The van der Waals surface area contributed by atoms with Gasteiger partial charge in [0, 0.05) is 18.5 Å². The molecule has 1 atom stereocenters. The number of nitrogens with two attached hydrogens (primary N) is 1. The van der Waals surface area contributed by atoms with E-state index in [-0.39, 0.29) is 24.5 Å². The van der Waals surface area contributed by atoms with Gasteiger partial charge in [-0.05, 0) is 43.4 Å². The first-order valence-corrected chi connectivity index (χ1v) is 13.1. The minimum absolute atomic E-state index is 0.0641. The van der Waals surface area contributed by atoms with Crippen LogP contribution in [0.1, 0.15) is 43.4 Å². The van der Waals surface area contributed by atoms with Crippen LogP contribution < -0.4 is 10.5 Å². The predicted molar refractivity (Wildman–Crippen MR) is 133 cm³/mol. The second-order valence-electron chi connectivity index (χ2n) is 9.68. The number of hydrogen-bond donors (Lipinski definition) is 2. The molecule has 1 aliphatic carbocycles. The smallest absolute Gasteiger partial charge is 0.243 e. The van der Waals surface area contributed by atoms with E-state index in [1.54, 1.807) is 4.90 Å². The molecular weight excluding hydrogens is 450 g/mol. The van der Waals surface area contributed by atoms with E-state index < -0.39 is 20.9 Å². The Labute approximate surface area is 202 Å². The second-order valence-corrected chi connectivity index (χ2v) is 12.0. The molecule has 1 saturated heterocycles. The average molecular weight is 484 g/mol. The number of carbonyl (C=O) groups excluding carboxylic acids is 1. The molecule has 1 amide bonds. The van der Waals surface area contributed by atoms with Crippen molar-refractivity contribution < 1.29 is 17.9 Å². The Hall–Kier alpha value is -2.52. The lowest BCUT2D eigenvalue weighted by atomic mass is 9.74. The third kappa shape index (κ3) is 5.10. The Morgan fingerprint density at radius 1 is 1.12 bits per heavy atom. The van der Waals surface area contributed by atoms with E-state index in [2.05, 4.69) is 35.1 Å². The number of fused-ring (bicyclic) bond motifs is 2. The van der Waals surface area contributed by atoms with Gasteiger partial charge in [0.05, 0.1) is 13.2 Å². The Bertz CT molecular complexity index is 1150. The molecule has 34 heavy (non-hydrogen) atoms. The highest BCUT2D eigenvalue weighted by atomic mass is 32.2. The molecule has 4 rings (SSSR count). The van der Waals surface area contributed by atoms with Gasteiger partial charge in [-0.1, -0.05) is 66.7 Å². The summed E-state index contributed by atoms with van der Waals surface area (Å²) in [5, 5.41) is 0. The van der Waals surface area contributed by atoms with E-state index in [1.165, 1.54) is 25.0 Å². The Morgan fingerprint density at radius 2 is 1.76 bits per heavy atom. The van der Waals surface area contributed by atoms with Crippen molar-refractivity contribution in [1.29, 1.82) is 0 Å². The molecule has 2 aliphatic rings. The summed E-state index contributed by atoms with van der Waals surface area (Å²) in [6, 6.07) is 16.9. The molecule has 2 aromatic rings. The first-order valence-electron chi connectivity index (χ1n) is 11.6. The normalized spacial score (nSPS) is 18.1. The second kappa shape index (κ2) is 9.62. The highest BCUT2D eigenvalue weighted by molar-refractivity contribution is 7.90. The summed E-state index contributed by atoms with van der Waals surface area (Å²) in [7, 11) is -3.95. The topological polar surface area (TPSA) is 102 Å². The number of benzene rings is 2. The molecule has 1 spiro atoms. The molecular formula is C26H33N3O4S. The van der Waals surface area contributed by atoms with Gasteiger partial charge in [0.15, 0.2) is 0 Å². The van der Waals surface area contributed by atoms with Gasteiger partial charge in [-0.2, -0.15) is 4.72 Å². The van der Waals surface area contributed by atoms with Gasteiger partial charge >= 0.3 is 0 Å². The molecule has 8 heteroatoms. The fraction of sp³-hybridized carbons (Fsp3) is 0.423. The summed E-state index contributed by atoms with van der Waals surface area (Å²) in [4.78, 5) is 13.7. The van der Waals surface area contributed by atoms with Crippen LogP contribution in [-0.2, 0) is 31.6 Å². The van der Waals surface area contributed by atoms with Crippen LogP contribution in [0, 0.1) is 0 Å². The van der Waals surface area contributed by atoms with Crippen molar-refractivity contribution in [3.8, 4) is 0 Å². The largest absolute Gasteiger partial charge is 0.375 e. The van der Waals surface area contributed by atoms with Crippen molar-refractivity contribution in [2.75, 3.05) is 19.7 Å². The molecule has 0 saturated carbocycles. The van der Waals surface area contributed by atoms with Gasteiger partial charge in [-0.3, -0.25) is 4.79 Å². The van der Waals surface area contributed by atoms with E-state index in [1.807, 2.05) is 36.4 Å². The molecule has 3 N–H and O–H groups in total. The maximum absolute atomic E-state index is 13.5. The molecule has 2 aromatic carbocycles. The van der Waals surface area contributed by atoms with Crippen LogP contribution in [0.4, 0.5) is 0 Å². The standard InChI is InChI=1S/C26H33N3O4S/c1-25(2,27)34(31,32)28-23(19-33-18-20-8-4-3-5-9-20)24(30)29-16-14-26(15-17-29)13-12-21-10-6-7-11-22(21)26/h3-13,23,28H,14-19,27H2,1-2H3. The Balaban J connectivity index is 1.45. The molecule has 0 bridgehead atoms. The van der Waals surface area contributed by atoms with Crippen molar-refractivity contribution in [2.24, 2.45) is 5.73 Å². The maximum atomic E-state index is 13.5. The summed E-state index contributed by atoms with van der Waals surface area (Å²) < 4.78 is 33.8. The van der Waals surface area contributed by atoms with Crippen molar-refractivity contribution in [1.82, 2.24) is 9.62 Å². The van der Waals surface area contributed by atoms with E-state index in [0.29, 0.717) is 13.1 Å². The highest BCUT2D eigenvalue weighted by Crippen LogP contribution is 2.43. The number of likely N-dealkylation sites (tertiary alicyclic amines) is 1. The van der Waals surface area contributed by atoms with Crippen LogP contribution in [0.2, 0.25) is 0 Å². The van der Waals surface area contributed by atoms with Crippen LogP contribution in [0.5, 0.6) is 0 Å². The zero-order valence-electron chi connectivity index (χ0n) is 19.7. The zero-order chi connectivity index (χ0) is 24.4. The van der Waals surface area contributed by atoms with Crippen molar-refractivity contribution in [3.63, 3.8) is 0 Å². The summed E-state index contributed by atoms with van der Waals surface area (Å²) in [5.41, 5.74) is 9.27. The van der Waals surface area contributed by atoms with Gasteiger partial charge in [-0.15, -0.1) is 0 Å². The zero-order valence-corrected chi connectivity index (χ0v) is 20.6. The van der Waals surface area contributed by atoms with Crippen LogP contribution in [0.15, 0.2) is 60.7 Å². The third-order valence-corrected chi connectivity index (χ3v) is 8.71. The highest BCUT2D eigenvalue weighted by Gasteiger charge is 2.41. The number of allylic oxidation sites excluding steroid dienone is 1. The molecule has 0 radical (unpaired) electrons. The molecule has 0 aromatic heterocycles. The van der Waals surface area contributed by atoms with E-state index in [0.717, 1.165) is 18.4 Å². The number of nitrogens with one attached hydrogen (secondary N) is 1. The number of amides is 1. The number of piperidine rings is 1. The van der Waals surface area contributed by atoms with Crippen LogP contribution in [0.25, 0.3) is 6.08 Å². The number of sulfonamides is 1. The monoisotopic (exact) mass is 483 g/mol. The first kappa shape index (κ1) is 24.6. The van der Waals surface area contributed by atoms with Crippen molar-refractivity contribution in [3.05, 3.63) is 77.4 Å². The molecule has 7 nitrogen and oxygen atoms in total. The Kier molecular flexibility index (Phi) is 6.96. The number of carbonyl (C=O) groups is 1. The summed E-state index contributed by atoms with van der Waals surface area (Å²) >= 11 is 0. The van der Waals surface area contributed by atoms with Gasteiger partial charge in [-0.25, -0.2) is 8.42 Å². The quantitative estimate of drug-likeness (QED) is 0.601. The van der Waals surface area contributed by atoms with Gasteiger partial charge in [0.25, 0.3) is 0 Å². The van der Waals surface area contributed by atoms with E-state index >= 15 is 0 Å².